The van der Waals surface area contributed by atoms with Crippen molar-refractivity contribution in [1.29, 1.82) is 0 Å². The van der Waals surface area contributed by atoms with E-state index >= 15 is 0 Å². The lowest BCUT2D eigenvalue weighted by atomic mass is 10.1. The molecule has 0 saturated carbocycles. The highest BCUT2D eigenvalue weighted by Gasteiger charge is 2.27. The van der Waals surface area contributed by atoms with Crippen LogP contribution in [0.1, 0.15) is 34.6 Å². The Labute approximate surface area is 189 Å². The topological polar surface area (TPSA) is 98.8 Å². The molecule has 32 heavy (non-hydrogen) atoms. The Kier molecular flexibility index (Phi) is 7.09. The molecule has 1 fully saturated rings. The van der Waals surface area contributed by atoms with Gasteiger partial charge in [-0.05, 0) is 36.4 Å². The number of anilines is 2. The van der Waals surface area contributed by atoms with Gasteiger partial charge in [-0.15, -0.1) is 0 Å². The molecule has 0 radical (unpaired) electrons. The second kappa shape index (κ2) is 9.78. The summed E-state index contributed by atoms with van der Waals surface area (Å²) in [5.41, 5.74) is 0.913. The smallest absolute Gasteiger partial charge is 0.257 e. The van der Waals surface area contributed by atoms with Gasteiger partial charge in [-0.25, -0.2) is 4.39 Å². The molecule has 10 heteroatoms. The molecule has 0 bridgehead atoms. The van der Waals surface area contributed by atoms with E-state index in [4.69, 9.17) is 11.6 Å². The zero-order valence-corrected chi connectivity index (χ0v) is 18.3. The fourth-order valence-corrected chi connectivity index (χ4v) is 3.60. The molecule has 2 N–H and O–H groups in total. The first-order valence-corrected chi connectivity index (χ1v) is 10.3. The molecule has 168 valence electrons. The van der Waals surface area contributed by atoms with E-state index in [2.05, 4.69) is 10.6 Å². The maximum Gasteiger partial charge on any atom is 0.257 e. The molecular formula is C22H22ClFN4O4. The predicted molar refractivity (Wildman–Crippen MR) is 118 cm³/mol. The molecule has 0 atom stereocenters. The van der Waals surface area contributed by atoms with E-state index in [9.17, 15) is 23.6 Å². The third kappa shape index (κ3) is 5.61. The number of rotatable bonds is 4. The Morgan fingerprint density at radius 3 is 1.81 bits per heavy atom. The van der Waals surface area contributed by atoms with Crippen LogP contribution in [-0.4, -0.2) is 59.6 Å². The van der Waals surface area contributed by atoms with Gasteiger partial charge in [0.2, 0.25) is 11.8 Å². The van der Waals surface area contributed by atoms with Gasteiger partial charge in [0, 0.05) is 62.0 Å². The molecule has 0 aromatic heterocycles. The molecule has 2 aromatic rings. The predicted octanol–water partition coefficient (Wildman–Crippen LogP) is 2.99. The van der Waals surface area contributed by atoms with Crippen LogP contribution < -0.4 is 10.6 Å². The number of nitrogens with one attached hydrogen (secondary N) is 2. The first kappa shape index (κ1) is 23.2. The van der Waals surface area contributed by atoms with Gasteiger partial charge in [0.1, 0.15) is 5.82 Å². The van der Waals surface area contributed by atoms with Crippen molar-refractivity contribution in [1.82, 2.24) is 9.80 Å². The number of carbonyl (C=O) groups is 4. The van der Waals surface area contributed by atoms with Gasteiger partial charge in [-0.1, -0.05) is 11.6 Å². The van der Waals surface area contributed by atoms with Crippen LogP contribution in [0.5, 0.6) is 0 Å². The van der Waals surface area contributed by atoms with Crippen LogP contribution >= 0.6 is 11.6 Å². The second-order valence-electron chi connectivity index (χ2n) is 7.37. The SMILES string of the molecule is CC(=O)Nc1cc(NC(C)=O)cc(C(=O)N2CCN(C(=O)c3cc(Cl)ccc3F)CC2)c1. The number of halogens is 2. The molecule has 1 saturated heterocycles. The monoisotopic (exact) mass is 460 g/mol. The van der Waals surface area contributed by atoms with Crippen LogP contribution in [0.25, 0.3) is 0 Å². The number of benzene rings is 2. The average molecular weight is 461 g/mol. The van der Waals surface area contributed by atoms with Crippen LogP contribution in [0.3, 0.4) is 0 Å². The van der Waals surface area contributed by atoms with E-state index in [1.54, 1.807) is 11.0 Å². The Balaban J connectivity index is 1.73. The van der Waals surface area contributed by atoms with Crippen molar-refractivity contribution < 1.29 is 23.6 Å². The molecule has 1 aliphatic rings. The summed E-state index contributed by atoms with van der Waals surface area (Å²) in [6.45, 7) is 3.61. The number of amides is 4. The first-order chi connectivity index (χ1) is 15.1. The molecule has 1 heterocycles. The van der Waals surface area contributed by atoms with Crippen molar-refractivity contribution in [2.75, 3.05) is 36.8 Å². The van der Waals surface area contributed by atoms with E-state index in [-0.39, 0.29) is 60.1 Å². The van der Waals surface area contributed by atoms with Crippen molar-refractivity contribution in [3.05, 3.63) is 58.4 Å². The molecule has 0 unspecified atom stereocenters. The first-order valence-electron chi connectivity index (χ1n) is 9.88. The minimum atomic E-state index is -0.654. The number of carbonyl (C=O) groups excluding carboxylic acids is 4. The summed E-state index contributed by atoms with van der Waals surface area (Å²) in [6.07, 6.45) is 0. The Morgan fingerprint density at radius 1 is 0.812 bits per heavy atom. The lowest BCUT2D eigenvalue weighted by Crippen LogP contribution is -2.50. The number of nitrogens with zero attached hydrogens (tertiary/aromatic N) is 2. The van der Waals surface area contributed by atoms with E-state index in [0.29, 0.717) is 11.4 Å². The minimum absolute atomic E-state index is 0.111. The minimum Gasteiger partial charge on any atom is -0.335 e. The van der Waals surface area contributed by atoms with Crippen LogP contribution in [0.4, 0.5) is 15.8 Å². The van der Waals surface area contributed by atoms with Crippen LogP contribution in [-0.2, 0) is 9.59 Å². The quantitative estimate of drug-likeness (QED) is 0.732. The van der Waals surface area contributed by atoms with Crippen LogP contribution in [0.2, 0.25) is 5.02 Å². The molecule has 0 aliphatic carbocycles. The standard InChI is InChI=1S/C22H22ClFN4O4/c1-13(29)25-17-9-15(10-18(12-17)26-14(2)30)21(31)27-5-7-28(8-6-27)22(32)19-11-16(23)3-4-20(19)24/h3-4,9-12H,5-8H2,1-2H3,(H,25,29)(H,26,30). The fraction of sp³-hybridized carbons (Fsp3) is 0.273. The maximum atomic E-state index is 14.0. The van der Waals surface area contributed by atoms with Gasteiger partial charge in [-0.2, -0.15) is 0 Å². The molecule has 0 spiro atoms. The molecule has 4 amide bonds. The van der Waals surface area contributed by atoms with Crippen molar-refractivity contribution in [2.24, 2.45) is 0 Å². The van der Waals surface area contributed by atoms with Crippen molar-refractivity contribution in [3.63, 3.8) is 0 Å². The normalized spacial score (nSPS) is 13.5. The summed E-state index contributed by atoms with van der Waals surface area (Å²) >= 11 is 5.88. The highest BCUT2D eigenvalue weighted by molar-refractivity contribution is 6.31. The molecule has 8 nitrogen and oxygen atoms in total. The van der Waals surface area contributed by atoms with Crippen LogP contribution in [0, 0.1) is 5.82 Å². The van der Waals surface area contributed by atoms with Gasteiger partial charge < -0.3 is 20.4 Å². The van der Waals surface area contributed by atoms with Gasteiger partial charge in [0.15, 0.2) is 0 Å². The zero-order chi connectivity index (χ0) is 23.4. The Morgan fingerprint density at radius 2 is 1.31 bits per heavy atom. The van der Waals surface area contributed by atoms with E-state index in [0.717, 1.165) is 6.07 Å². The summed E-state index contributed by atoms with van der Waals surface area (Å²) in [5.74, 6) is -2.09. The van der Waals surface area contributed by atoms with Gasteiger partial charge >= 0.3 is 0 Å². The number of piperazine rings is 1. The lowest BCUT2D eigenvalue weighted by molar-refractivity contribution is -0.115. The Bertz CT molecular complexity index is 1050. The molecule has 1 aliphatic heterocycles. The Hall–Kier alpha value is -3.46. The van der Waals surface area contributed by atoms with Gasteiger partial charge in [-0.3, -0.25) is 19.2 Å². The summed E-state index contributed by atoms with van der Waals surface area (Å²) in [5, 5.41) is 5.47. The van der Waals surface area contributed by atoms with Gasteiger partial charge in [0.25, 0.3) is 11.8 Å². The highest BCUT2D eigenvalue weighted by atomic mass is 35.5. The van der Waals surface area contributed by atoms with E-state index in [1.807, 2.05) is 0 Å². The third-order valence-corrected chi connectivity index (χ3v) is 5.07. The molecule has 3 rings (SSSR count). The second-order valence-corrected chi connectivity index (χ2v) is 7.81. The molecule has 2 aromatic carbocycles. The number of hydrogen-bond acceptors (Lipinski definition) is 4. The summed E-state index contributed by atoms with van der Waals surface area (Å²) in [6, 6.07) is 8.39. The summed E-state index contributed by atoms with van der Waals surface area (Å²) < 4.78 is 14.0. The van der Waals surface area contributed by atoms with Crippen LogP contribution in [0.15, 0.2) is 36.4 Å². The fourth-order valence-electron chi connectivity index (χ4n) is 3.43. The largest absolute Gasteiger partial charge is 0.335 e. The van der Waals surface area contributed by atoms with E-state index < -0.39 is 11.7 Å². The molecular weight excluding hydrogens is 439 g/mol. The lowest BCUT2D eigenvalue weighted by Gasteiger charge is -2.35. The maximum absolute atomic E-state index is 14.0. The van der Waals surface area contributed by atoms with Gasteiger partial charge in [0.05, 0.1) is 5.56 Å². The van der Waals surface area contributed by atoms with E-state index in [1.165, 1.54) is 43.0 Å². The van der Waals surface area contributed by atoms with Crippen molar-refractivity contribution in [3.8, 4) is 0 Å². The highest BCUT2D eigenvalue weighted by Crippen LogP contribution is 2.22. The zero-order valence-electron chi connectivity index (χ0n) is 17.6. The number of hydrogen-bond donors (Lipinski definition) is 2. The summed E-state index contributed by atoms with van der Waals surface area (Å²) in [4.78, 5) is 51.6. The van der Waals surface area contributed by atoms with Crippen molar-refractivity contribution in [2.45, 2.75) is 13.8 Å². The summed E-state index contributed by atoms with van der Waals surface area (Å²) in [7, 11) is 0. The average Bonchev–Trinajstić information content (AvgIpc) is 2.73. The third-order valence-electron chi connectivity index (χ3n) is 4.83. The van der Waals surface area contributed by atoms with Crippen molar-refractivity contribution >= 4 is 46.6 Å².